The van der Waals surface area contributed by atoms with Gasteiger partial charge in [0.25, 0.3) is 0 Å². The highest BCUT2D eigenvalue weighted by atomic mass is 35.5. The van der Waals surface area contributed by atoms with Gasteiger partial charge in [0.1, 0.15) is 11.5 Å². The topological polar surface area (TPSA) is 49.2 Å². The van der Waals surface area contributed by atoms with Crippen LogP contribution < -0.4 is 9.47 Å². The van der Waals surface area contributed by atoms with Crippen LogP contribution >= 0.6 is 23.4 Å². The molecule has 0 aliphatic heterocycles. The van der Waals surface area contributed by atoms with Crippen molar-refractivity contribution in [1.29, 1.82) is 0 Å². The van der Waals surface area contributed by atoms with Crippen molar-refractivity contribution in [3.63, 3.8) is 0 Å². The van der Waals surface area contributed by atoms with Gasteiger partial charge in [-0.05, 0) is 42.5 Å². The largest absolute Gasteiger partial charge is 0.497 e. The number of aromatic nitrogens is 3. The van der Waals surface area contributed by atoms with Crippen molar-refractivity contribution >= 4 is 23.4 Å². The van der Waals surface area contributed by atoms with E-state index in [9.17, 15) is 0 Å². The Labute approximate surface area is 168 Å². The van der Waals surface area contributed by atoms with E-state index in [1.807, 2.05) is 53.1 Å². The highest BCUT2D eigenvalue weighted by molar-refractivity contribution is 7.98. The Bertz CT molecular complexity index is 925. The molecule has 0 aliphatic carbocycles. The van der Waals surface area contributed by atoms with E-state index in [1.165, 1.54) is 0 Å². The Balaban J connectivity index is 1.87. The Morgan fingerprint density at radius 1 is 1.11 bits per heavy atom. The molecule has 0 N–H and O–H groups in total. The van der Waals surface area contributed by atoms with Crippen LogP contribution in [0.5, 0.6) is 11.5 Å². The van der Waals surface area contributed by atoms with Gasteiger partial charge in [-0.1, -0.05) is 29.4 Å². The van der Waals surface area contributed by atoms with Crippen molar-refractivity contribution < 1.29 is 9.47 Å². The first-order chi connectivity index (χ1) is 13.2. The molecule has 0 amide bonds. The number of rotatable bonds is 8. The molecule has 0 atom stereocenters. The number of allylic oxidation sites excluding steroid dienone is 1. The molecular formula is C20H20ClN3O2S. The van der Waals surface area contributed by atoms with Gasteiger partial charge < -0.3 is 9.47 Å². The van der Waals surface area contributed by atoms with Gasteiger partial charge >= 0.3 is 0 Å². The molecule has 3 rings (SSSR count). The normalized spacial score (nSPS) is 10.6. The third kappa shape index (κ3) is 4.46. The zero-order valence-corrected chi connectivity index (χ0v) is 16.8. The van der Waals surface area contributed by atoms with Crippen LogP contribution in [0.1, 0.15) is 5.56 Å². The smallest absolute Gasteiger partial charge is 0.192 e. The fraction of sp³-hybridized carbons (Fsp3) is 0.200. The SMILES string of the molecule is C=CCn1c(SCc2cc(OC)ccc2OC)nnc1-c1ccc(Cl)cc1. The van der Waals surface area contributed by atoms with Crippen molar-refractivity contribution in [3.05, 3.63) is 65.7 Å². The lowest BCUT2D eigenvalue weighted by Crippen LogP contribution is -2.01. The minimum absolute atomic E-state index is 0.614. The van der Waals surface area contributed by atoms with Gasteiger partial charge in [0, 0.05) is 28.4 Å². The Hall–Kier alpha value is -2.44. The molecule has 1 aromatic heterocycles. The molecule has 0 saturated carbocycles. The lowest BCUT2D eigenvalue weighted by Gasteiger charge is -2.11. The zero-order valence-electron chi connectivity index (χ0n) is 15.2. The number of ether oxygens (including phenoxy) is 2. The van der Waals surface area contributed by atoms with E-state index in [-0.39, 0.29) is 0 Å². The molecule has 0 saturated heterocycles. The molecule has 0 radical (unpaired) electrons. The first kappa shape index (κ1) is 19.3. The van der Waals surface area contributed by atoms with Crippen LogP contribution in [-0.2, 0) is 12.3 Å². The summed E-state index contributed by atoms with van der Waals surface area (Å²) < 4.78 is 12.8. The molecular weight excluding hydrogens is 382 g/mol. The van der Waals surface area contributed by atoms with E-state index in [2.05, 4.69) is 16.8 Å². The van der Waals surface area contributed by atoms with Gasteiger partial charge in [-0.2, -0.15) is 0 Å². The fourth-order valence-corrected chi connectivity index (χ4v) is 3.69. The first-order valence-corrected chi connectivity index (χ1v) is 9.66. The number of benzene rings is 2. The molecule has 1 heterocycles. The second kappa shape index (κ2) is 8.97. The standard InChI is InChI=1S/C20H20ClN3O2S/c1-4-11-24-19(14-5-7-16(21)8-6-14)22-23-20(24)27-13-15-12-17(25-2)9-10-18(15)26-3/h4-10,12H,1,11,13H2,2-3H3. The summed E-state index contributed by atoms with van der Waals surface area (Å²) in [6.07, 6.45) is 1.83. The van der Waals surface area contributed by atoms with Crippen LogP contribution in [0.25, 0.3) is 11.4 Å². The van der Waals surface area contributed by atoms with Gasteiger partial charge in [0.05, 0.1) is 14.2 Å². The lowest BCUT2D eigenvalue weighted by atomic mass is 10.2. The Kier molecular flexibility index (Phi) is 6.42. The monoisotopic (exact) mass is 401 g/mol. The summed E-state index contributed by atoms with van der Waals surface area (Å²) in [6.45, 7) is 4.46. The summed E-state index contributed by atoms with van der Waals surface area (Å²) in [5, 5.41) is 10.2. The number of methoxy groups -OCH3 is 2. The molecule has 27 heavy (non-hydrogen) atoms. The summed E-state index contributed by atoms with van der Waals surface area (Å²) in [7, 11) is 3.31. The molecule has 140 valence electrons. The zero-order chi connectivity index (χ0) is 19.2. The third-order valence-corrected chi connectivity index (χ3v) is 5.24. The van der Waals surface area contributed by atoms with Gasteiger partial charge in [0.15, 0.2) is 11.0 Å². The number of hydrogen-bond acceptors (Lipinski definition) is 5. The molecule has 0 aliphatic rings. The molecule has 0 fully saturated rings. The van der Waals surface area contributed by atoms with Gasteiger partial charge in [-0.25, -0.2) is 0 Å². The van der Waals surface area contributed by atoms with E-state index in [4.69, 9.17) is 21.1 Å². The van der Waals surface area contributed by atoms with Crippen LogP contribution in [0, 0.1) is 0 Å². The predicted molar refractivity (Wildman–Crippen MR) is 110 cm³/mol. The Morgan fingerprint density at radius 3 is 2.56 bits per heavy atom. The lowest BCUT2D eigenvalue weighted by molar-refractivity contribution is 0.400. The highest BCUT2D eigenvalue weighted by Gasteiger charge is 2.15. The third-order valence-electron chi connectivity index (χ3n) is 3.98. The quantitative estimate of drug-likeness (QED) is 0.388. The number of nitrogens with zero attached hydrogens (tertiary/aromatic N) is 3. The first-order valence-electron chi connectivity index (χ1n) is 8.30. The van der Waals surface area contributed by atoms with Crippen LogP contribution in [0.15, 0.2) is 60.3 Å². The summed E-state index contributed by atoms with van der Waals surface area (Å²) in [6, 6.07) is 13.3. The number of thioether (sulfide) groups is 1. The van der Waals surface area contributed by atoms with E-state index in [0.29, 0.717) is 17.3 Å². The Morgan fingerprint density at radius 2 is 1.89 bits per heavy atom. The maximum atomic E-state index is 5.99. The van der Waals surface area contributed by atoms with E-state index in [0.717, 1.165) is 33.6 Å². The van der Waals surface area contributed by atoms with Crippen molar-refractivity contribution in [1.82, 2.24) is 14.8 Å². The molecule has 0 unspecified atom stereocenters. The molecule has 0 bridgehead atoms. The molecule has 5 nitrogen and oxygen atoms in total. The van der Waals surface area contributed by atoms with E-state index >= 15 is 0 Å². The van der Waals surface area contributed by atoms with E-state index < -0.39 is 0 Å². The van der Waals surface area contributed by atoms with Crippen LogP contribution in [0.4, 0.5) is 0 Å². The van der Waals surface area contributed by atoms with Crippen LogP contribution in [-0.4, -0.2) is 29.0 Å². The number of hydrogen-bond donors (Lipinski definition) is 0. The van der Waals surface area contributed by atoms with Crippen molar-refractivity contribution in [2.75, 3.05) is 14.2 Å². The van der Waals surface area contributed by atoms with Crippen molar-refractivity contribution in [2.24, 2.45) is 0 Å². The van der Waals surface area contributed by atoms with Crippen molar-refractivity contribution in [3.8, 4) is 22.9 Å². The molecule has 7 heteroatoms. The fourth-order valence-electron chi connectivity index (χ4n) is 2.64. The average Bonchev–Trinajstić information content (AvgIpc) is 3.09. The second-order valence-corrected chi connectivity index (χ2v) is 7.06. The summed E-state index contributed by atoms with van der Waals surface area (Å²) >= 11 is 7.58. The van der Waals surface area contributed by atoms with Crippen LogP contribution in [0.3, 0.4) is 0 Å². The predicted octanol–water partition coefficient (Wildman–Crippen LogP) is 5.09. The molecule has 2 aromatic carbocycles. The van der Waals surface area contributed by atoms with Gasteiger partial charge in [0.2, 0.25) is 0 Å². The minimum atomic E-state index is 0.614. The minimum Gasteiger partial charge on any atom is -0.497 e. The average molecular weight is 402 g/mol. The number of halogens is 1. The van der Waals surface area contributed by atoms with Gasteiger partial charge in [-0.15, -0.1) is 16.8 Å². The summed E-state index contributed by atoms with van der Waals surface area (Å²) in [4.78, 5) is 0. The molecule has 0 spiro atoms. The maximum absolute atomic E-state index is 5.99. The van der Waals surface area contributed by atoms with Crippen LogP contribution in [0.2, 0.25) is 5.02 Å². The maximum Gasteiger partial charge on any atom is 0.192 e. The molecule has 3 aromatic rings. The second-order valence-electron chi connectivity index (χ2n) is 5.68. The van der Waals surface area contributed by atoms with Crippen molar-refractivity contribution in [2.45, 2.75) is 17.5 Å². The van der Waals surface area contributed by atoms with E-state index in [1.54, 1.807) is 26.0 Å². The van der Waals surface area contributed by atoms with Gasteiger partial charge in [-0.3, -0.25) is 4.57 Å². The summed E-state index contributed by atoms with van der Waals surface area (Å²) in [5.41, 5.74) is 1.99. The summed E-state index contributed by atoms with van der Waals surface area (Å²) in [5.74, 6) is 3.07. The highest BCUT2D eigenvalue weighted by Crippen LogP contribution is 2.32.